The number of anilines is 1. The molecule has 2 aromatic rings. The van der Waals surface area contributed by atoms with Gasteiger partial charge in [0, 0.05) is 30.2 Å². The fourth-order valence-corrected chi connectivity index (χ4v) is 2.47. The minimum atomic E-state index is -1.37. The van der Waals surface area contributed by atoms with Crippen LogP contribution in [0.1, 0.15) is 23.2 Å². The number of aromatic carboxylic acids is 1. The number of hydrogen-bond acceptors (Lipinski definition) is 8. The first kappa shape index (κ1) is 20.0. The van der Waals surface area contributed by atoms with E-state index in [9.17, 15) is 19.2 Å². The standard InChI is InChI=1S/C18H19NO8/c1-25-15(20)5-7-19(8-6-16(21)26-2)12-4-3-11-9-13(17(22)23)18(24)27-14(11)10-12/h3-4,9-10H,5-8H2,1-2H3,(H,22,23). The van der Waals surface area contributed by atoms with Crippen LogP contribution in [0, 0.1) is 0 Å². The Morgan fingerprint density at radius 3 is 2.15 bits per heavy atom. The zero-order chi connectivity index (χ0) is 20.0. The van der Waals surface area contributed by atoms with Crippen molar-refractivity contribution in [3.8, 4) is 0 Å². The Morgan fingerprint density at radius 1 is 1.04 bits per heavy atom. The summed E-state index contributed by atoms with van der Waals surface area (Å²) in [5.41, 5.74) is -0.614. The summed E-state index contributed by atoms with van der Waals surface area (Å²) < 4.78 is 14.4. The van der Waals surface area contributed by atoms with E-state index in [-0.39, 0.29) is 31.5 Å². The monoisotopic (exact) mass is 377 g/mol. The smallest absolute Gasteiger partial charge is 0.351 e. The molecule has 0 spiro atoms. The number of ether oxygens (including phenoxy) is 2. The Morgan fingerprint density at radius 2 is 1.63 bits per heavy atom. The van der Waals surface area contributed by atoms with Crippen molar-refractivity contribution < 1.29 is 33.4 Å². The van der Waals surface area contributed by atoms with Gasteiger partial charge in [-0.1, -0.05) is 0 Å². The molecular weight excluding hydrogens is 358 g/mol. The maximum atomic E-state index is 11.8. The first-order valence-electron chi connectivity index (χ1n) is 8.05. The quantitative estimate of drug-likeness (QED) is 0.537. The molecule has 0 amide bonds. The van der Waals surface area contributed by atoms with Crippen molar-refractivity contribution >= 4 is 34.6 Å². The third-order valence-electron chi connectivity index (χ3n) is 3.94. The van der Waals surface area contributed by atoms with Crippen molar-refractivity contribution in [2.75, 3.05) is 32.2 Å². The molecule has 0 aliphatic carbocycles. The molecule has 0 unspecified atom stereocenters. The second-order valence-electron chi connectivity index (χ2n) is 5.61. The third kappa shape index (κ3) is 5.06. The van der Waals surface area contributed by atoms with Crippen LogP contribution in [0.5, 0.6) is 0 Å². The first-order valence-corrected chi connectivity index (χ1v) is 8.05. The van der Waals surface area contributed by atoms with Gasteiger partial charge in [-0.05, 0) is 18.2 Å². The first-order chi connectivity index (χ1) is 12.8. The molecule has 0 bridgehead atoms. The zero-order valence-corrected chi connectivity index (χ0v) is 14.9. The number of carboxylic acids is 1. The van der Waals surface area contributed by atoms with Crippen LogP contribution < -0.4 is 10.5 Å². The predicted octanol–water partition coefficient (Wildman–Crippen LogP) is 1.42. The molecule has 0 saturated heterocycles. The number of nitrogens with zero attached hydrogens (tertiary/aromatic N) is 1. The van der Waals surface area contributed by atoms with Gasteiger partial charge in [0.05, 0.1) is 27.1 Å². The van der Waals surface area contributed by atoms with Crippen molar-refractivity contribution in [1.82, 2.24) is 0 Å². The summed E-state index contributed by atoms with van der Waals surface area (Å²) in [5.74, 6) is -2.18. The van der Waals surface area contributed by atoms with Crippen LogP contribution in [-0.4, -0.2) is 50.3 Å². The molecule has 1 aromatic carbocycles. The largest absolute Gasteiger partial charge is 0.477 e. The van der Waals surface area contributed by atoms with Gasteiger partial charge in [0.1, 0.15) is 11.1 Å². The Kier molecular flexibility index (Phi) is 6.53. The van der Waals surface area contributed by atoms with Crippen LogP contribution in [0.15, 0.2) is 33.5 Å². The van der Waals surface area contributed by atoms with Crippen molar-refractivity contribution in [2.24, 2.45) is 0 Å². The molecule has 0 atom stereocenters. The van der Waals surface area contributed by atoms with Gasteiger partial charge < -0.3 is 23.9 Å². The molecule has 0 radical (unpaired) electrons. The third-order valence-corrected chi connectivity index (χ3v) is 3.94. The molecule has 0 aliphatic rings. The second-order valence-corrected chi connectivity index (χ2v) is 5.61. The number of rotatable bonds is 8. The van der Waals surface area contributed by atoms with Crippen molar-refractivity contribution in [3.63, 3.8) is 0 Å². The number of esters is 2. The molecule has 9 nitrogen and oxygen atoms in total. The summed E-state index contributed by atoms with van der Waals surface area (Å²) in [6.07, 6.45) is 0.190. The maximum absolute atomic E-state index is 11.8. The van der Waals surface area contributed by atoms with Gasteiger partial charge in [-0.2, -0.15) is 0 Å². The predicted molar refractivity (Wildman–Crippen MR) is 94.9 cm³/mol. The van der Waals surface area contributed by atoms with E-state index in [0.29, 0.717) is 11.1 Å². The summed E-state index contributed by atoms with van der Waals surface area (Å²) in [5, 5.41) is 9.44. The SMILES string of the molecule is COC(=O)CCN(CCC(=O)OC)c1ccc2cc(C(=O)O)c(=O)oc2c1. The van der Waals surface area contributed by atoms with Crippen LogP contribution in [0.2, 0.25) is 0 Å². The van der Waals surface area contributed by atoms with E-state index in [1.54, 1.807) is 23.1 Å². The molecular formula is C18H19NO8. The van der Waals surface area contributed by atoms with Gasteiger partial charge in [-0.25, -0.2) is 9.59 Å². The van der Waals surface area contributed by atoms with E-state index in [4.69, 9.17) is 9.52 Å². The highest BCUT2D eigenvalue weighted by atomic mass is 16.5. The summed E-state index contributed by atoms with van der Waals surface area (Å²) in [4.78, 5) is 47.5. The molecule has 27 heavy (non-hydrogen) atoms. The zero-order valence-electron chi connectivity index (χ0n) is 14.9. The van der Waals surface area contributed by atoms with Gasteiger partial charge in [0.2, 0.25) is 0 Å². The molecule has 144 valence electrons. The lowest BCUT2D eigenvalue weighted by Gasteiger charge is -2.24. The average molecular weight is 377 g/mol. The summed E-state index contributed by atoms with van der Waals surface area (Å²) >= 11 is 0. The second kappa shape index (κ2) is 8.84. The average Bonchev–Trinajstić information content (AvgIpc) is 2.66. The van der Waals surface area contributed by atoms with E-state index in [2.05, 4.69) is 9.47 Å². The van der Waals surface area contributed by atoms with E-state index in [0.717, 1.165) is 0 Å². The number of carbonyl (C=O) groups is 3. The van der Waals surface area contributed by atoms with E-state index < -0.39 is 29.1 Å². The molecule has 0 aliphatic heterocycles. The van der Waals surface area contributed by atoms with Gasteiger partial charge in [-0.3, -0.25) is 9.59 Å². The van der Waals surface area contributed by atoms with Crippen LogP contribution in [0.3, 0.4) is 0 Å². The van der Waals surface area contributed by atoms with Gasteiger partial charge >= 0.3 is 23.5 Å². The Bertz CT molecular complexity index is 897. The number of methoxy groups -OCH3 is 2. The molecule has 2 rings (SSSR count). The molecule has 1 N–H and O–H groups in total. The summed E-state index contributed by atoms with van der Waals surface area (Å²) in [6, 6.07) is 6.07. The molecule has 1 heterocycles. The number of carboxylic acid groups (broad SMARTS) is 1. The fraction of sp³-hybridized carbons (Fsp3) is 0.333. The molecule has 0 saturated carbocycles. The van der Waals surface area contributed by atoms with Crippen LogP contribution in [0.4, 0.5) is 5.69 Å². The summed E-state index contributed by atoms with van der Waals surface area (Å²) in [6.45, 7) is 0.541. The van der Waals surface area contributed by atoms with Gasteiger partial charge in [-0.15, -0.1) is 0 Å². The molecule has 1 aromatic heterocycles. The lowest BCUT2D eigenvalue weighted by Crippen LogP contribution is -2.29. The van der Waals surface area contributed by atoms with Crippen molar-refractivity contribution in [3.05, 3.63) is 40.2 Å². The minimum absolute atomic E-state index is 0.0949. The van der Waals surface area contributed by atoms with E-state index in [1.165, 1.54) is 20.3 Å². The number of benzene rings is 1. The Labute approximate surface area is 154 Å². The van der Waals surface area contributed by atoms with E-state index in [1.807, 2.05) is 0 Å². The fourth-order valence-electron chi connectivity index (χ4n) is 2.47. The Hall–Kier alpha value is -3.36. The highest BCUT2D eigenvalue weighted by molar-refractivity contribution is 5.92. The number of carbonyl (C=O) groups excluding carboxylic acids is 2. The van der Waals surface area contributed by atoms with Crippen molar-refractivity contribution in [1.29, 1.82) is 0 Å². The number of fused-ring (bicyclic) bond motifs is 1. The van der Waals surface area contributed by atoms with Gasteiger partial charge in [0.25, 0.3) is 0 Å². The number of hydrogen-bond donors (Lipinski definition) is 1. The van der Waals surface area contributed by atoms with Crippen LogP contribution >= 0.6 is 0 Å². The normalized spacial score (nSPS) is 10.4. The lowest BCUT2D eigenvalue weighted by atomic mass is 10.1. The van der Waals surface area contributed by atoms with Crippen molar-refractivity contribution in [2.45, 2.75) is 12.8 Å². The molecule has 0 fully saturated rings. The Balaban J connectivity index is 2.34. The van der Waals surface area contributed by atoms with Crippen LogP contribution in [0.25, 0.3) is 11.0 Å². The highest BCUT2D eigenvalue weighted by Crippen LogP contribution is 2.23. The van der Waals surface area contributed by atoms with E-state index >= 15 is 0 Å². The maximum Gasteiger partial charge on any atom is 0.351 e. The topological polar surface area (TPSA) is 123 Å². The lowest BCUT2D eigenvalue weighted by molar-refractivity contribution is -0.140. The highest BCUT2D eigenvalue weighted by Gasteiger charge is 2.15. The minimum Gasteiger partial charge on any atom is -0.477 e. The molecule has 9 heteroatoms. The van der Waals surface area contributed by atoms with Crippen LogP contribution in [-0.2, 0) is 19.1 Å². The van der Waals surface area contributed by atoms with Gasteiger partial charge in [0.15, 0.2) is 0 Å². The summed E-state index contributed by atoms with van der Waals surface area (Å²) in [7, 11) is 2.57.